The first-order chi connectivity index (χ1) is 5.07. The van der Waals surface area contributed by atoms with Crippen molar-refractivity contribution in [2.75, 3.05) is 0 Å². The van der Waals surface area contributed by atoms with E-state index in [4.69, 9.17) is 5.26 Å². The van der Waals surface area contributed by atoms with Gasteiger partial charge in [0.25, 0.3) is 0 Å². The van der Waals surface area contributed by atoms with Crippen LogP contribution in [0.15, 0.2) is 0 Å². The number of carbonyl (C=O) groups is 2. The lowest BCUT2D eigenvalue weighted by atomic mass is 10.2. The second kappa shape index (κ2) is 4.45. The lowest BCUT2D eigenvalue weighted by molar-refractivity contribution is -0.161. The standard InChI is InChI=1S/C7H9NO3/c1-5(2)7(10)11-6(9)3-4-8/h5H,3H2,1-2H3. The number of ether oxygens (including phenoxy) is 1. The minimum atomic E-state index is -0.786. The number of carbonyl (C=O) groups excluding carboxylic acids is 2. The topological polar surface area (TPSA) is 67.2 Å². The lowest BCUT2D eigenvalue weighted by Crippen LogP contribution is -2.16. The van der Waals surface area contributed by atoms with E-state index in [1.165, 1.54) is 0 Å². The van der Waals surface area contributed by atoms with Crippen LogP contribution in [0, 0.1) is 17.2 Å². The average Bonchev–Trinajstić information content (AvgIpc) is 1.87. The molecule has 11 heavy (non-hydrogen) atoms. The van der Waals surface area contributed by atoms with E-state index < -0.39 is 11.9 Å². The number of nitrogens with zero attached hydrogens (tertiary/aromatic N) is 1. The van der Waals surface area contributed by atoms with Gasteiger partial charge in [-0.3, -0.25) is 9.59 Å². The Labute approximate surface area is 64.8 Å². The molecule has 0 radical (unpaired) electrons. The fourth-order valence-electron chi connectivity index (χ4n) is 0.331. The Hall–Kier alpha value is -1.37. The summed E-state index contributed by atoms with van der Waals surface area (Å²) in [5, 5.41) is 8.03. The summed E-state index contributed by atoms with van der Waals surface area (Å²) in [6.45, 7) is 3.23. The van der Waals surface area contributed by atoms with Crippen molar-refractivity contribution >= 4 is 11.9 Å². The van der Waals surface area contributed by atoms with Crippen LogP contribution < -0.4 is 0 Å². The molecule has 0 aromatic carbocycles. The minimum Gasteiger partial charge on any atom is -0.392 e. The molecule has 0 rings (SSSR count). The third kappa shape index (κ3) is 4.09. The fraction of sp³-hybridized carbons (Fsp3) is 0.571. The summed E-state index contributed by atoms with van der Waals surface area (Å²) in [4.78, 5) is 21.2. The van der Waals surface area contributed by atoms with Crippen LogP contribution in [-0.2, 0) is 14.3 Å². The van der Waals surface area contributed by atoms with Crippen molar-refractivity contribution in [1.82, 2.24) is 0 Å². The van der Waals surface area contributed by atoms with Gasteiger partial charge in [-0.2, -0.15) is 5.26 Å². The van der Waals surface area contributed by atoms with Crippen LogP contribution in [0.1, 0.15) is 20.3 Å². The Kier molecular flexibility index (Phi) is 3.89. The Morgan fingerprint density at radius 3 is 2.45 bits per heavy atom. The second-order valence-corrected chi connectivity index (χ2v) is 2.28. The molecule has 0 N–H and O–H groups in total. The van der Waals surface area contributed by atoms with Gasteiger partial charge in [-0.1, -0.05) is 13.8 Å². The van der Waals surface area contributed by atoms with E-state index in [1.807, 2.05) is 0 Å². The molecule has 0 spiro atoms. The molecule has 0 aliphatic carbocycles. The zero-order chi connectivity index (χ0) is 8.85. The predicted octanol–water partition coefficient (Wildman–Crippen LogP) is 0.626. The van der Waals surface area contributed by atoms with Crippen LogP contribution in [-0.4, -0.2) is 11.9 Å². The first-order valence-electron chi connectivity index (χ1n) is 3.19. The van der Waals surface area contributed by atoms with E-state index >= 15 is 0 Å². The Balaban J connectivity index is 3.78. The highest BCUT2D eigenvalue weighted by molar-refractivity contribution is 5.87. The minimum absolute atomic E-state index is 0.336. The van der Waals surface area contributed by atoms with Crippen LogP contribution in [0.25, 0.3) is 0 Å². The number of nitriles is 1. The van der Waals surface area contributed by atoms with Crippen LogP contribution >= 0.6 is 0 Å². The second-order valence-electron chi connectivity index (χ2n) is 2.28. The highest BCUT2D eigenvalue weighted by Crippen LogP contribution is 1.96. The molecule has 0 fully saturated rings. The molecule has 0 amide bonds. The van der Waals surface area contributed by atoms with Crippen molar-refractivity contribution in [2.45, 2.75) is 20.3 Å². The van der Waals surface area contributed by atoms with Crippen molar-refractivity contribution in [1.29, 1.82) is 5.26 Å². The highest BCUT2D eigenvalue weighted by Gasteiger charge is 2.12. The van der Waals surface area contributed by atoms with Crippen molar-refractivity contribution in [3.63, 3.8) is 0 Å². The predicted molar refractivity (Wildman–Crippen MR) is 36.2 cm³/mol. The summed E-state index contributed by atoms with van der Waals surface area (Å²) >= 11 is 0. The summed E-state index contributed by atoms with van der Waals surface area (Å²) in [5.41, 5.74) is 0. The molecule has 0 aliphatic heterocycles. The molecule has 0 heterocycles. The Bertz CT molecular complexity index is 202. The summed E-state index contributed by atoms with van der Waals surface area (Å²) in [7, 11) is 0. The zero-order valence-corrected chi connectivity index (χ0v) is 6.46. The molecule has 0 saturated carbocycles. The van der Waals surface area contributed by atoms with Crippen LogP contribution in [0.3, 0.4) is 0 Å². The van der Waals surface area contributed by atoms with Crippen LogP contribution in [0.2, 0.25) is 0 Å². The third-order valence-corrected chi connectivity index (χ3v) is 0.909. The number of hydrogen-bond acceptors (Lipinski definition) is 4. The van der Waals surface area contributed by atoms with Gasteiger partial charge in [-0.05, 0) is 0 Å². The van der Waals surface area contributed by atoms with Gasteiger partial charge in [0.15, 0.2) is 0 Å². The number of esters is 2. The van der Waals surface area contributed by atoms with E-state index in [0.717, 1.165) is 0 Å². The Morgan fingerprint density at radius 1 is 1.55 bits per heavy atom. The molecule has 60 valence electrons. The largest absolute Gasteiger partial charge is 0.392 e. The molecule has 4 nitrogen and oxygen atoms in total. The van der Waals surface area contributed by atoms with Gasteiger partial charge in [-0.25, -0.2) is 0 Å². The maximum atomic E-state index is 10.7. The maximum Gasteiger partial charge on any atom is 0.327 e. The average molecular weight is 155 g/mol. The van der Waals surface area contributed by atoms with Gasteiger partial charge in [-0.15, -0.1) is 0 Å². The van der Waals surface area contributed by atoms with Gasteiger partial charge in [0.1, 0.15) is 6.42 Å². The fourth-order valence-corrected chi connectivity index (χ4v) is 0.331. The lowest BCUT2D eigenvalue weighted by Gasteiger charge is -2.01. The van der Waals surface area contributed by atoms with E-state index in [9.17, 15) is 9.59 Å². The monoisotopic (exact) mass is 155 g/mol. The van der Waals surface area contributed by atoms with Crippen LogP contribution in [0.5, 0.6) is 0 Å². The molecule has 0 atom stereocenters. The van der Waals surface area contributed by atoms with E-state index in [0.29, 0.717) is 0 Å². The molecule has 0 aromatic heterocycles. The van der Waals surface area contributed by atoms with E-state index in [1.54, 1.807) is 19.9 Å². The highest BCUT2D eigenvalue weighted by atomic mass is 16.6. The zero-order valence-electron chi connectivity index (χ0n) is 6.46. The third-order valence-electron chi connectivity index (χ3n) is 0.909. The molecule has 0 bridgehead atoms. The Morgan fingerprint density at radius 2 is 2.09 bits per heavy atom. The van der Waals surface area contributed by atoms with E-state index in [-0.39, 0.29) is 12.3 Å². The van der Waals surface area contributed by atoms with Gasteiger partial charge in [0, 0.05) is 0 Å². The molecule has 0 saturated heterocycles. The summed E-state index contributed by atoms with van der Waals surface area (Å²) in [5.74, 6) is -1.71. The number of rotatable bonds is 2. The van der Waals surface area contributed by atoms with Crippen molar-refractivity contribution in [3.05, 3.63) is 0 Å². The number of hydrogen-bond donors (Lipinski definition) is 0. The van der Waals surface area contributed by atoms with Gasteiger partial charge < -0.3 is 4.74 Å². The molecule has 0 aliphatic rings. The van der Waals surface area contributed by atoms with Crippen molar-refractivity contribution in [2.24, 2.45) is 5.92 Å². The first-order valence-corrected chi connectivity index (χ1v) is 3.19. The van der Waals surface area contributed by atoms with Crippen molar-refractivity contribution < 1.29 is 14.3 Å². The van der Waals surface area contributed by atoms with Gasteiger partial charge in [0.2, 0.25) is 0 Å². The molecular weight excluding hydrogens is 146 g/mol. The summed E-state index contributed by atoms with van der Waals surface area (Å²) in [6.07, 6.45) is -0.377. The van der Waals surface area contributed by atoms with Crippen molar-refractivity contribution in [3.8, 4) is 6.07 Å². The van der Waals surface area contributed by atoms with Gasteiger partial charge in [0.05, 0.1) is 12.0 Å². The summed E-state index contributed by atoms with van der Waals surface area (Å²) < 4.78 is 4.25. The molecule has 0 aromatic rings. The maximum absolute atomic E-state index is 10.7. The molecule has 0 unspecified atom stereocenters. The molecular formula is C7H9NO3. The first kappa shape index (κ1) is 9.63. The smallest absolute Gasteiger partial charge is 0.327 e. The van der Waals surface area contributed by atoms with E-state index in [2.05, 4.69) is 4.74 Å². The van der Waals surface area contributed by atoms with Gasteiger partial charge >= 0.3 is 11.9 Å². The van der Waals surface area contributed by atoms with Crippen LogP contribution in [0.4, 0.5) is 0 Å². The quantitative estimate of drug-likeness (QED) is 0.433. The summed E-state index contributed by atoms with van der Waals surface area (Å²) in [6, 6.07) is 1.58. The SMILES string of the molecule is CC(C)C(=O)OC(=O)CC#N. The normalized spacial score (nSPS) is 8.91. The molecule has 4 heteroatoms.